The van der Waals surface area contributed by atoms with Crippen molar-refractivity contribution in [2.24, 2.45) is 0 Å². The number of hydrogen-bond donors (Lipinski definition) is 1. The molecule has 0 saturated carbocycles. The van der Waals surface area contributed by atoms with Crippen LogP contribution in [-0.2, 0) is 6.54 Å². The number of Topliss-reactive ketones (excluding diaryl/α,β-unsaturated/α-hetero) is 1. The monoisotopic (exact) mass is 413 g/mol. The number of rotatable bonds is 8. The van der Waals surface area contributed by atoms with E-state index in [2.05, 4.69) is 4.90 Å². The zero-order valence-corrected chi connectivity index (χ0v) is 17.9. The van der Waals surface area contributed by atoms with Crippen molar-refractivity contribution in [3.05, 3.63) is 46.7 Å². The van der Waals surface area contributed by atoms with Crippen LogP contribution in [0.4, 0.5) is 0 Å². The first-order valence-electron chi connectivity index (χ1n) is 9.78. The zero-order valence-electron chi connectivity index (χ0n) is 17.9. The normalized spacial score (nSPS) is 14.1. The van der Waals surface area contributed by atoms with Crippen molar-refractivity contribution in [1.82, 2.24) is 4.90 Å². The van der Waals surface area contributed by atoms with E-state index in [0.29, 0.717) is 46.2 Å². The van der Waals surface area contributed by atoms with Crippen LogP contribution in [0.5, 0.6) is 28.7 Å². The number of phenols is 1. The number of phenolic OH excluding ortho intramolecular Hbond substituents is 1. The fourth-order valence-corrected chi connectivity index (χ4v) is 3.43. The third-order valence-electron chi connectivity index (χ3n) is 5.21. The Hall–Kier alpha value is -3.19. The topological polar surface area (TPSA) is 77.5 Å². The van der Waals surface area contributed by atoms with E-state index in [1.165, 1.54) is 14.2 Å². The first kappa shape index (κ1) is 21.5. The predicted octanol–water partition coefficient (Wildman–Crippen LogP) is 3.88. The number of methoxy groups -OCH3 is 3. The molecule has 0 unspecified atom stereocenters. The van der Waals surface area contributed by atoms with Gasteiger partial charge in [0.2, 0.25) is 5.78 Å². The van der Waals surface area contributed by atoms with E-state index in [9.17, 15) is 9.90 Å². The number of hydrogen-bond acceptors (Lipinski definition) is 7. The van der Waals surface area contributed by atoms with Crippen molar-refractivity contribution in [3.63, 3.8) is 0 Å². The van der Waals surface area contributed by atoms with Gasteiger partial charge in [0.1, 0.15) is 17.2 Å². The Labute approximate surface area is 176 Å². The standard InChI is InChI=1S/C23H27NO6/c1-6-24(7-2)13-16-17(25)9-8-15-22(26)21(30-23(15)16)11-14-10-19(28-4)20(29-5)12-18(14)27-3/h8-12,25H,6-7,13H2,1-5H3/b21-11-. The van der Waals surface area contributed by atoms with Gasteiger partial charge in [0.15, 0.2) is 17.3 Å². The molecule has 0 atom stereocenters. The molecule has 160 valence electrons. The summed E-state index contributed by atoms with van der Waals surface area (Å²) in [5.41, 5.74) is 1.65. The molecule has 7 heteroatoms. The molecule has 0 radical (unpaired) electrons. The summed E-state index contributed by atoms with van der Waals surface area (Å²) in [6, 6.07) is 6.54. The zero-order chi connectivity index (χ0) is 21.8. The molecule has 1 N–H and O–H groups in total. The molecule has 0 spiro atoms. The Morgan fingerprint density at radius 1 is 1.00 bits per heavy atom. The number of fused-ring (bicyclic) bond motifs is 1. The highest BCUT2D eigenvalue weighted by molar-refractivity contribution is 6.15. The Bertz CT molecular complexity index is 978. The number of ketones is 1. The summed E-state index contributed by atoms with van der Waals surface area (Å²) in [4.78, 5) is 15.1. The molecule has 30 heavy (non-hydrogen) atoms. The third-order valence-corrected chi connectivity index (χ3v) is 5.21. The quantitative estimate of drug-likeness (QED) is 0.658. The molecule has 0 aromatic heterocycles. The highest BCUT2D eigenvalue weighted by Crippen LogP contribution is 2.41. The molecule has 3 rings (SSSR count). The second-order valence-electron chi connectivity index (χ2n) is 6.79. The summed E-state index contributed by atoms with van der Waals surface area (Å²) in [6.45, 7) is 6.22. The van der Waals surface area contributed by atoms with E-state index in [1.807, 2.05) is 13.8 Å². The number of allylic oxidation sites excluding steroid dienone is 1. The lowest BCUT2D eigenvalue weighted by Crippen LogP contribution is -2.22. The van der Waals surface area contributed by atoms with Crippen LogP contribution in [0.3, 0.4) is 0 Å². The second-order valence-corrected chi connectivity index (χ2v) is 6.79. The molecule has 0 bridgehead atoms. The van der Waals surface area contributed by atoms with Crippen LogP contribution in [0.2, 0.25) is 0 Å². The van der Waals surface area contributed by atoms with Gasteiger partial charge in [-0.1, -0.05) is 13.8 Å². The van der Waals surface area contributed by atoms with Crippen LogP contribution >= 0.6 is 0 Å². The van der Waals surface area contributed by atoms with E-state index in [4.69, 9.17) is 18.9 Å². The summed E-state index contributed by atoms with van der Waals surface area (Å²) in [6.07, 6.45) is 1.61. The first-order chi connectivity index (χ1) is 14.5. The maximum atomic E-state index is 13.0. The maximum Gasteiger partial charge on any atom is 0.231 e. The summed E-state index contributed by atoms with van der Waals surface area (Å²) < 4.78 is 22.1. The summed E-state index contributed by atoms with van der Waals surface area (Å²) >= 11 is 0. The molecule has 0 aliphatic carbocycles. The molecule has 0 fully saturated rings. The van der Waals surface area contributed by atoms with Crippen LogP contribution in [0.15, 0.2) is 30.0 Å². The lowest BCUT2D eigenvalue weighted by Gasteiger charge is -2.20. The number of ether oxygens (including phenoxy) is 4. The van der Waals surface area contributed by atoms with Gasteiger partial charge in [0.05, 0.1) is 32.5 Å². The predicted molar refractivity (Wildman–Crippen MR) is 114 cm³/mol. The fourth-order valence-electron chi connectivity index (χ4n) is 3.43. The summed E-state index contributed by atoms with van der Waals surface area (Å²) in [5.74, 6) is 1.96. The maximum absolute atomic E-state index is 13.0. The van der Waals surface area contributed by atoms with Crippen LogP contribution in [0.1, 0.15) is 35.3 Å². The van der Waals surface area contributed by atoms with Crippen molar-refractivity contribution >= 4 is 11.9 Å². The minimum atomic E-state index is -0.248. The summed E-state index contributed by atoms with van der Waals surface area (Å²) in [7, 11) is 4.62. The number of nitrogens with zero attached hydrogens (tertiary/aromatic N) is 1. The average Bonchev–Trinajstić information content (AvgIpc) is 3.08. The third kappa shape index (κ3) is 3.93. The molecule has 2 aromatic rings. The molecule has 1 heterocycles. The molecule has 2 aromatic carbocycles. The Morgan fingerprint density at radius 3 is 2.23 bits per heavy atom. The Balaban J connectivity index is 2.03. The Kier molecular flexibility index (Phi) is 6.52. The lowest BCUT2D eigenvalue weighted by atomic mass is 10.0. The van der Waals surface area contributed by atoms with Crippen LogP contribution in [-0.4, -0.2) is 50.2 Å². The number of benzene rings is 2. The van der Waals surface area contributed by atoms with Gasteiger partial charge >= 0.3 is 0 Å². The second kappa shape index (κ2) is 9.09. The average molecular weight is 413 g/mol. The van der Waals surface area contributed by atoms with Crippen molar-refractivity contribution in [1.29, 1.82) is 0 Å². The molecule has 0 saturated heterocycles. The van der Waals surface area contributed by atoms with Gasteiger partial charge in [0, 0.05) is 18.2 Å². The molecular formula is C23H27NO6. The van der Waals surface area contributed by atoms with Gasteiger partial charge in [-0.25, -0.2) is 0 Å². The number of aromatic hydroxyl groups is 1. The smallest absolute Gasteiger partial charge is 0.231 e. The van der Waals surface area contributed by atoms with Crippen molar-refractivity contribution in [2.75, 3.05) is 34.4 Å². The SMILES string of the molecule is CCN(CC)Cc1c(O)ccc2c1O/C(=C\c1cc(OC)c(OC)cc1OC)C2=O. The van der Waals surface area contributed by atoms with E-state index in [1.54, 1.807) is 37.5 Å². The van der Waals surface area contributed by atoms with E-state index < -0.39 is 0 Å². The summed E-state index contributed by atoms with van der Waals surface area (Å²) in [5, 5.41) is 10.4. The molecule has 1 aliphatic rings. The highest BCUT2D eigenvalue weighted by atomic mass is 16.5. The van der Waals surface area contributed by atoms with Gasteiger partial charge < -0.3 is 24.1 Å². The van der Waals surface area contributed by atoms with E-state index in [0.717, 1.165) is 13.1 Å². The van der Waals surface area contributed by atoms with Gasteiger partial charge in [-0.05, 0) is 37.4 Å². The van der Waals surface area contributed by atoms with Gasteiger partial charge in [-0.2, -0.15) is 0 Å². The number of carbonyl (C=O) groups is 1. The Morgan fingerprint density at radius 2 is 1.63 bits per heavy atom. The van der Waals surface area contributed by atoms with Crippen molar-refractivity contribution in [3.8, 4) is 28.7 Å². The largest absolute Gasteiger partial charge is 0.507 e. The van der Waals surface area contributed by atoms with Crippen LogP contribution < -0.4 is 18.9 Å². The molecule has 1 aliphatic heterocycles. The van der Waals surface area contributed by atoms with Gasteiger partial charge in [-0.3, -0.25) is 9.69 Å². The minimum absolute atomic E-state index is 0.110. The lowest BCUT2D eigenvalue weighted by molar-refractivity contribution is 0.101. The van der Waals surface area contributed by atoms with Crippen LogP contribution in [0, 0.1) is 0 Å². The fraction of sp³-hybridized carbons (Fsp3) is 0.348. The van der Waals surface area contributed by atoms with Gasteiger partial charge in [-0.15, -0.1) is 0 Å². The van der Waals surface area contributed by atoms with E-state index in [-0.39, 0.29) is 17.3 Å². The van der Waals surface area contributed by atoms with E-state index >= 15 is 0 Å². The van der Waals surface area contributed by atoms with Gasteiger partial charge in [0.25, 0.3) is 0 Å². The van der Waals surface area contributed by atoms with Crippen LogP contribution in [0.25, 0.3) is 6.08 Å². The molecule has 0 amide bonds. The molecular weight excluding hydrogens is 386 g/mol. The number of carbonyl (C=O) groups excluding carboxylic acids is 1. The van der Waals surface area contributed by atoms with Crippen molar-refractivity contribution in [2.45, 2.75) is 20.4 Å². The van der Waals surface area contributed by atoms with Crippen molar-refractivity contribution < 1.29 is 28.8 Å². The minimum Gasteiger partial charge on any atom is -0.507 e. The highest BCUT2D eigenvalue weighted by Gasteiger charge is 2.32. The molecule has 7 nitrogen and oxygen atoms in total. The first-order valence-corrected chi connectivity index (χ1v) is 9.78.